The van der Waals surface area contributed by atoms with Crippen LogP contribution >= 0.6 is 0 Å². The molecule has 0 unspecified atom stereocenters. The number of aromatic nitrogens is 2. The second kappa shape index (κ2) is 5.73. The van der Waals surface area contributed by atoms with Gasteiger partial charge in [0.2, 0.25) is 0 Å². The number of hydrogen-bond donors (Lipinski definition) is 1. The summed E-state index contributed by atoms with van der Waals surface area (Å²) in [6.45, 7) is 1.04. The van der Waals surface area contributed by atoms with Crippen LogP contribution in [0.4, 0.5) is 0 Å². The minimum absolute atomic E-state index is 0.507. The van der Waals surface area contributed by atoms with Gasteiger partial charge in [0.1, 0.15) is 18.9 Å². The molecular weight excluding hydrogens is 308 g/mol. The summed E-state index contributed by atoms with van der Waals surface area (Å²) in [4.78, 5) is 15.5. The lowest BCUT2D eigenvalue weighted by atomic mass is 10.1. The molecule has 6 heteroatoms. The average molecular weight is 322 g/mol. The fourth-order valence-electron chi connectivity index (χ4n) is 2.73. The predicted molar refractivity (Wildman–Crippen MR) is 88.3 cm³/mol. The van der Waals surface area contributed by atoms with Crippen molar-refractivity contribution in [3.8, 4) is 22.8 Å². The molecule has 0 saturated carbocycles. The van der Waals surface area contributed by atoms with Crippen LogP contribution < -0.4 is 9.47 Å². The lowest BCUT2D eigenvalue weighted by Gasteiger charge is -2.18. The van der Waals surface area contributed by atoms with Crippen LogP contribution in [0.1, 0.15) is 5.69 Å². The van der Waals surface area contributed by atoms with Crippen LogP contribution in [-0.2, 0) is 4.79 Å². The Morgan fingerprint density at radius 3 is 2.83 bits per heavy atom. The molecule has 120 valence electrons. The van der Waals surface area contributed by atoms with E-state index in [2.05, 4.69) is 4.98 Å². The highest BCUT2D eigenvalue weighted by atomic mass is 16.6. The van der Waals surface area contributed by atoms with E-state index in [4.69, 9.17) is 14.6 Å². The van der Waals surface area contributed by atoms with Crippen LogP contribution in [0.5, 0.6) is 11.5 Å². The van der Waals surface area contributed by atoms with Crippen molar-refractivity contribution in [3.05, 3.63) is 54.4 Å². The van der Waals surface area contributed by atoms with Gasteiger partial charge in [-0.25, -0.2) is 9.78 Å². The average Bonchev–Trinajstić information content (AvgIpc) is 2.98. The smallest absolute Gasteiger partial charge is 0.328 e. The summed E-state index contributed by atoms with van der Waals surface area (Å²) in [6.07, 6.45) is 4.51. The molecule has 0 amide bonds. The molecule has 1 N–H and O–H groups in total. The third-order valence-electron chi connectivity index (χ3n) is 3.77. The first-order valence-electron chi connectivity index (χ1n) is 7.50. The Hall–Kier alpha value is -3.28. The molecule has 0 aliphatic carbocycles. The molecule has 1 aliphatic heterocycles. The number of carbonyl (C=O) groups is 1. The molecule has 24 heavy (non-hydrogen) atoms. The number of carboxylic acid groups (broad SMARTS) is 1. The van der Waals surface area contributed by atoms with Gasteiger partial charge in [-0.3, -0.25) is 4.40 Å². The largest absolute Gasteiger partial charge is 0.486 e. The Bertz CT molecular complexity index is 959. The lowest BCUT2D eigenvalue weighted by molar-refractivity contribution is -0.131. The fourth-order valence-corrected chi connectivity index (χ4v) is 2.73. The summed E-state index contributed by atoms with van der Waals surface area (Å²) in [5, 5.41) is 8.95. The van der Waals surface area contributed by atoms with E-state index < -0.39 is 5.97 Å². The summed E-state index contributed by atoms with van der Waals surface area (Å²) < 4.78 is 13.0. The predicted octanol–water partition coefficient (Wildman–Crippen LogP) is 2.87. The number of carboxylic acids is 1. The highest BCUT2D eigenvalue weighted by molar-refractivity contribution is 5.87. The number of pyridine rings is 1. The van der Waals surface area contributed by atoms with Crippen LogP contribution in [0.25, 0.3) is 23.0 Å². The standard InChI is InChI=1S/C18H14N2O4/c21-17(22)7-5-13-18(19-16-3-1-2-8-20(13)16)12-4-6-14-15(11-12)24-10-9-23-14/h1-8,11H,9-10H2,(H,21,22)/b7-5+. The molecule has 0 fully saturated rings. The van der Waals surface area contributed by atoms with Crippen molar-refractivity contribution in [3.63, 3.8) is 0 Å². The van der Waals surface area contributed by atoms with Crippen molar-refractivity contribution in [2.45, 2.75) is 0 Å². The molecule has 4 rings (SSSR count). The number of aliphatic carboxylic acids is 1. The first-order chi connectivity index (χ1) is 11.7. The monoisotopic (exact) mass is 322 g/mol. The maximum absolute atomic E-state index is 10.9. The maximum Gasteiger partial charge on any atom is 0.328 e. The van der Waals surface area contributed by atoms with E-state index in [1.807, 2.05) is 47.0 Å². The van der Waals surface area contributed by atoms with Crippen LogP contribution in [0.15, 0.2) is 48.7 Å². The van der Waals surface area contributed by atoms with E-state index >= 15 is 0 Å². The molecule has 0 spiro atoms. The number of hydrogen-bond acceptors (Lipinski definition) is 4. The summed E-state index contributed by atoms with van der Waals surface area (Å²) in [5.74, 6) is 0.370. The third kappa shape index (κ3) is 2.48. The van der Waals surface area contributed by atoms with Gasteiger partial charge in [-0.15, -0.1) is 0 Å². The van der Waals surface area contributed by atoms with Gasteiger partial charge >= 0.3 is 5.97 Å². The Morgan fingerprint density at radius 1 is 1.17 bits per heavy atom. The summed E-state index contributed by atoms with van der Waals surface area (Å²) in [6, 6.07) is 11.3. The molecule has 3 heterocycles. The lowest BCUT2D eigenvalue weighted by Crippen LogP contribution is -2.15. The van der Waals surface area contributed by atoms with E-state index in [0.29, 0.717) is 36.1 Å². The number of rotatable bonds is 3. The van der Waals surface area contributed by atoms with Crippen LogP contribution in [-0.4, -0.2) is 33.7 Å². The van der Waals surface area contributed by atoms with Gasteiger partial charge in [0, 0.05) is 17.8 Å². The SMILES string of the molecule is O=C(O)/C=C/c1c(-c2ccc3c(c2)OCCO3)nc2ccccn12. The quantitative estimate of drug-likeness (QED) is 0.751. The maximum atomic E-state index is 10.9. The Labute approximate surface area is 137 Å². The van der Waals surface area contributed by atoms with Crippen LogP contribution in [0, 0.1) is 0 Å². The molecule has 1 aromatic carbocycles. The summed E-state index contributed by atoms with van der Waals surface area (Å²) in [7, 11) is 0. The van der Waals surface area contributed by atoms with Crippen molar-refractivity contribution >= 4 is 17.7 Å². The van der Waals surface area contributed by atoms with E-state index in [0.717, 1.165) is 17.3 Å². The Balaban J connectivity index is 1.89. The minimum atomic E-state index is -1.01. The minimum Gasteiger partial charge on any atom is -0.486 e. The van der Waals surface area contributed by atoms with Gasteiger partial charge in [-0.05, 0) is 36.4 Å². The Kier molecular flexibility index (Phi) is 3.42. The van der Waals surface area contributed by atoms with Crippen LogP contribution in [0.2, 0.25) is 0 Å². The molecular formula is C18H14N2O4. The highest BCUT2D eigenvalue weighted by Crippen LogP contribution is 2.35. The number of fused-ring (bicyclic) bond motifs is 2. The van der Waals surface area contributed by atoms with E-state index in [1.165, 1.54) is 0 Å². The number of imidazole rings is 1. The summed E-state index contributed by atoms with van der Waals surface area (Å²) >= 11 is 0. The number of nitrogens with zero attached hydrogens (tertiary/aromatic N) is 2. The van der Waals surface area contributed by atoms with Crippen molar-refractivity contribution in [1.29, 1.82) is 0 Å². The normalized spacial score (nSPS) is 13.5. The zero-order chi connectivity index (χ0) is 16.5. The highest BCUT2D eigenvalue weighted by Gasteiger charge is 2.16. The topological polar surface area (TPSA) is 73.1 Å². The second-order valence-electron chi connectivity index (χ2n) is 5.30. The zero-order valence-corrected chi connectivity index (χ0v) is 12.7. The fraction of sp³-hybridized carbons (Fsp3) is 0.111. The van der Waals surface area contributed by atoms with Gasteiger partial charge in [0.15, 0.2) is 11.5 Å². The van der Waals surface area contributed by atoms with Crippen molar-refractivity contribution in [1.82, 2.24) is 9.38 Å². The van der Waals surface area contributed by atoms with E-state index in [-0.39, 0.29) is 0 Å². The Morgan fingerprint density at radius 2 is 2.00 bits per heavy atom. The molecule has 0 saturated heterocycles. The van der Waals surface area contributed by atoms with Gasteiger partial charge in [0.05, 0.1) is 11.4 Å². The van der Waals surface area contributed by atoms with Crippen molar-refractivity contribution in [2.75, 3.05) is 13.2 Å². The molecule has 3 aromatic rings. The van der Waals surface area contributed by atoms with E-state index in [9.17, 15) is 4.79 Å². The number of benzene rings is 1. The van der Waals surface area contributed by atoms with Crippen molar-refractivity contribution < 1.29 is 19.4 Å². The molecule has 2 aromatic heterocycles. The molecule has 6 nitrogen and oxygen atoms in total. The first-order valence-corrected chi connectivity index (χ1v) is 7.50. The van der Waals surface area contributed by atoms with E-state index in [1.54, 1.807) is 6.08 Å². The third-order valence-corrected chi connectivity index (χ3v) is 3.77. The number of ether oxygens (including phenoxy) is 2. The molecule has 1 aliphatic rings. The van der Waals surface area contributed by atoms with Gasteiger partial charge in [-0.2, -0.15) is 0 Å². The molecule has 0 bridgehead atoms. The zero-order valence-electron chi connectivity index (χ0n) is 12.7. The van der Waals surface area contributed by atoms with Gasteiger partial charge in [-0.1, -0.05) is 6.07 Å². The van der Waals surface area contributed by atoms with Crippen LogP contribution in [0.3, 0.4) is 0 Å². The molecule has 0 atom stereocenters. The van der Waals surface area contributed by atoms with Crippen molar-refractivity contribution in [2.24, 2.45) is 0 Å². The molecule has 0 radical (unpaired) electrons. The second-order valence-corrected chi connectivity index (χ2v) is 5.30. The van der Waals surface area contributed by atoms with Gasteiger partial charge in [0.25, 0.3) is 0 Å². The van der Waals surface area contributed by atoms with Gasteiger partial charge < -0.3 is 14.6 Å². The summed E-state index contributed by atoms with van der Waals surface area (Å²) in [5.41, 5.74) is 2.97. The first kappa shape index (κ1) is 14.3.